The Morgan fingerprint density at radius 1 is 1.15 bits per heavy atom. The van der Waals surface area contributed by atoms with E-state index in [1.807, 2.05) is 0 Å². The third-order valence-corrected chi connectivity index (χ3v) is 4.35. The van der Waals surface area contributed by atoms with E-state index in [0.29, 0.717) is 6.04 Å². The maximum absolute atomic E-state index is 5.64. The van der Waals surface area contributed by atoms with Gasteiger partial charge in [-0.15, -0.1) is 0 Å². The highest BCUT2D eigenvalue weighted by molar-refractivity contribution is 4.99. The molecule has 0 heterocycles. The van der Waals surface area contributed by atoms with Crippen LogP contribution in [-0.4, -0.2) is 6.04 Å². The summed E-state index contributed by atoms with van der Waals surface area (Å²) in [5, 5.41) is 0. The molecule has 74 valence electrons. The van der Waals surface area contributed by atoms with Gasteiger partial charge in [0.05, 0.1) is 0 Å². The van der Waals surface area contributed by atoms with Crippen molar-refractivity contribution in [3.05, 3.63) is 0 Å². The maximum atomic E-state index is 5.64. The van der Waals surface area contributed by atoms with Gasteiger partial charge in [-0.1, -0.05) is 12.8 Å². The molecule has 3 aliphatic rings. The smallest absolute Gasteiger partial charge is 0.0241 e. The summed E-state index contributed by atoms with van der Waals surface area (Å²) in [4.78, 5) is 0. The largest absolute Gasteiger partial charge is 0.271 e. The van der Waals surface area contributed by atoms with Crippen molar-refractivity contribution in [1.82, 2.24) is 5.43 Å². The fourth-order valence-corrected chi connectivity index (χ4v) is 3.20. The molecule has 0 aromatic carbocycles. The van der Waals surface area contributed by atoms with Gasteiger partial charge in [-0.25, -0.2) is 0 Å². The number of nitrogens with two attached hydrogens (primary N) is 1. The Hall–Kier alpha value is -0.0800. The fraction of sp³-hybridized carbons (Fsp3) is 1.00. The molecule has 13 heavy (non-hydrogen) atoms. The lowest BCUT2D eigenvalue weighted by molar-refractivity contribution is 0.311. The molecular formula is C11H20N2. The predicted molar refractivity (Wildman–Crippen MR) is 52.8 cm³/mol. The van der Waals surface area contributed by atoms with Crippen LogP contribution in [-0.2, 0) is 0 Å². The molecule has 3 unspecified atom stereocenters. The lowest BCUT2D eigenvalue weighted by Gasteiger charge is -2.23. The van der Waals surface area contributed by atoms with Gasteiger partial charge in [0.2, 0.25) is 0 Å². The SMILES string of the molecule is NNC(CC1CC1)C1CC2CC2C1. The van der Waals surface area contributed by atoms with Gasteiger partial charge in [0.1, 0.15) is 0 Å². The van der Waals surface area contributed by atoms with Crippen molar-refractivity contribution in [2.24, 2.45) is 29.5 Å². The summed E-state index contributed by atoms with van der Waals surface area (Å²) in [5.74, 6) is 9.76. The molecule has 0 saturated heterocycles. The zero-order valence-electron chi connectivity index (χ0n) is 8.21. The third-order valence-electron chi connectivity index (χ3n) is 4.35. The second-order valence-electron chi connectivity index (χ2n) is 5.44. The van der Waals surface area contributed by atoms with Gasteiger partial charge in [-0.05, 0) is 49.4 Å². The monoisotopic (exact) mass is 180 g/mol. The van der Waals surface area contributed by atoms with Crippen LogP contribution in [0, 0.1) is 23.7 Å². The third kappa shape index (κ3) is 1.62. The van der Waals surface area contributed by atoms with Crippen molar-refractivity contribution in [3.63, 3.8) is 0 Å². The molecule has 0 aromatic heterocycles. The van der Waals surface area contributed by atoms with E-state index in [-0.39, 0.29) is 0 Å². The summed E-state index contributed by atoms with van der Waals surface area (Å²) in [5.41, 5.74) is 3.06. The first-order chi connectivity index (χ1) is 6.36. The van der Waals surface area contributed by atoms with Crippen LogP contribution in [0.15, 0.2) is 0 Å². The predicted octanol–water partition coefficient (Wildman–Crippen LogP) is 1.66. The van der Waals surface area contributed by atoms with Crippen LogP contribution in [0.1, 0.15) is 38.5 Å². The number of hydrogen-bond donors (Lipinski definition) is 2. The molecule has 3 rings (SSSR count). The molecule has 3 aliphatic carbocycles. The van der Waals surface area contributed by atoms with Crippen LogP contribution in [0.2, 0.25) is 0 Å². The van der Waals surface area contributed by atoms with Crippen LogP contribution in [0.25, 0.3) is 0 Å². The van der Waals surface area contributed by atoms with Crippen molar-refractivity contribution in [3.8, 4) is 0 Å². The lowest BCUT2D eigenvalue weighted by Crippen LogP contribution is -2.40. The molecule has 2 heteroatoms. The van der Waals surface area contributed by atoms with Crippen molar-refractivity contribution in [1.29, 1.82) is 0 Å². The average Bonchev–Trinajstić information content (AvgIpc) is 3.04. The minimum Gasteiger partial charge on any atom is -0.271 e. The highest BCUT2D eigenvalue weighted by atomic mass is 15.2. The van der Waals surface area contributed by atoms with Crippen molar-refractivity contribution in [2.45, 2.75) is 44.6 Å². The van der Waals surface area contributed by atoms with Gasteiger partial charge >= 0.3 is 0 Å². The molecule has 0 aromatic rings. The first-order valence-electron chi connectivity index (χ1n) is 5.83. The number of fused-ring (bicyclic) bond motifs is 1. The topological polar surface area (TPSA) is 38.0 Å². The van der Waals surface area contributed by atoms with E-state index in [1.165, 1.54) is 38.5 Å². The summed E-state index contributed by atoms with van der Waals surface area (Å²) < 4.78 is 0. The second kappa shape index (κ2) is 2.96. The first-order valence-corrected chi connectivity index (χ1v) is 5.83. The molecular weight excluding hydrogens is 160 g/mol. The first kappa shape index (κ1) is 8.25. The Balaban J connectivity index is 1.54. The molecule has 3 N–H and O–H groups in total. The van der Waals surface area contributed by atoms with Gasteiger partial charge in [-0.2, -0.15) is 0 Å². The van der Waals surface area contributed by atoms with Crippen LogP contribution >= 0.6 is 0 Å². The molecule has 3 fully saturated rings. The molecule has 0 spiro atoms. The van der Waals surface area contributed by atoms with Gasteiger partial charge in [-0.3, -0.25) is 11.3 Å². The van der Waals surface area contributed by atoms with Crippen LogP contribution < -0.4 is 11.3 Å². The van der Waals surface area contributed by atoms with E-state index >= 15 is 0 Å². The van der Waals surface area contributed by atoms with Crippen molar-refractivity contribution >= 4 is 0 Å². The molecule has 0 radical (unpaired) electrons. The van der Waals surface area contributed by atoms with E-state index in [2.05, 4.69) is 5.43 Å². The summed E-state index contributed by atoms with van der Waals surface area (Å²) in [6, 6.07) is 0.639. The van der Waals surface area contributed by atoms with Crippen molar-refractivity contribution < 1.29 is 0 Å². The summed E-state index contributed by atoms with van der Waals surface area (Å²) >= 11 is 0. The highest BCUT2D eigenvalue weighted by Crippen LogP contribution is 2.55. The Labute approximate surface area is 80.2 Å². The molecule has 2 nitrogen and oxygen atoms in total. The van der Waals surface area contributed by atoms with Crippen LogP contribution in [0.3, 0.4) is 0 Å². The Morgan fingerprint density at radius 2 is 1.85 bits per heavy atom. The maximum Gasteiger partial charge on any atom is 0.0241 e. The molecule has 3 atom stereocenters. The Morgan fingerprint density at radius 3 is 2.38 bits per heavy atom. The lowest BCUT2D eigenvalue weighted by atomic mass is 9.91. The molecule has 0 bridgehead atoms. The van der Waals surface area contributed by atoms with Gasteiger partial charge < -0.3 is 0 Å². The summed E-state index contributed by atoms with van der Waals surface area (Å²) in [6.07, 6.45) is 8.71. The number of rotatable bonds is 4. The van der Waals surface area contributed by atoms with Gasteiger partial charge in [0.15, 0.2) is 0 Å². The van der Waals surface area contributed by atoms with Crippen LogP contribution in [0.4, 0.5) is 0 Å². The Bertz CT molecular complexity index is 190. The zero-order valence-corrected chi connectivity index (χ0v) is 8.21. The molecule has 0 aliphatic heterocycles. The normalized spacial score (nSPS) is 44.5. The van der Waals surface area contributed by atoms with E-state index in [4.69, 9.17) is 5.84 Å². The summed E-state index contributed by atoms with van der Waals surface area (Å²) in [6.45, 7) is 0. The second-order valence-corrected chi connectivity index (χ2v) is 5.44. The van der Waals surface area contributed by atoms with E-state index < -0.39 is 0 Å². The quantitative estimate of drug-likeness (QED) is 0.510. The van der Waals surface area contributed by atoms with Crippen LogP contribution in [0.5, 0.6) is 0 Å². The fourth-order valence-electron chi connectivity index (χ4n) is 3.20. The standard InChI is InChI=1S/C11H20N2/c12-13-11(3-7-1-2-7)10-5-8-4-9(8)6-10/h7-11,13H,1-6,12H2. The number of hydrogen-bond acceptors (Lipinski definition) is 2. The average molecular weight is 180 g/mol. The zero-order chi connectivity index (χ0) is 8.84. The summed E-state index contributed by atoms with van der Waals surface area (Å²) in [7, 11) is 0. The number of hydrazine groups is 1. The van der Waals surface area contributed by atoms with E-state index in [9.17, 15) is 0 Å². The Kier molecular flexibility index (Phi) is 1.88. The highest BCUT2D eigenvalue weighted by Gasteiger charge is 2.48. The number of nitrogens with one attached hydrogen (secondary N) is 1. The van der Waals surface area contributed by atoms with E-state index in [1.54, 1.807) is 0 Å². The van der Waals surface area contributed by atoms with E-state index in [0.717, 1.165) is 23.7 Å². The minimum absolute atomic E-state index is 0.639. The van der Waals surface area contributed by atoms with Crippen molar-refractivity contribution in [2.75, 3.05) is 0 Å². The van der Waals surface area contributed by atoms with Gasteiger partial charge in [0.25, 0.3) is 0 Å². The molecule has 3 saturated carbocycles. The molecule has 0 amide bonds. The minimum atomic E-state index is 0.639. The van der Waals surface area contributed by atoms with Gasteiger partial charge in [0, 0.05) is 6.04 Å².